The second kappa shape index (κ2) is 4.93. The lowest BCUT2D eigenvalue weighted by atomic mass is 10.0. The maximum absolute atomic E-state index is 12.6. The number of alkyl halides is 3. The number of benzene rings is 1. The average Bonchev–Trinajstić information content (AvgIpc) is 2.17. The zero-order valence-corrected chi connectivity index (χ0v) is 9.28. The SMILES string of the molecule is CNCCc1cc(Cl)c(O)cc1C(F)(F)F. The number of aromatic hydroxyl groups is 1. The van der Waals surface area contributed by atoms with Crippen LogP contribution in [-0.2, 0) is 12.6 Å². The van der Waals surface area contributed by atoms with Crippen LogP contribution < -0.4 is 5.32 Å². The molecular weight excluding hydrogens is 243 g/mol. The van der Waals surface area contributed by atoms with Gasteiger partial charge in [0.2, 0.25) is 0 Å². The number of phenolic OH excluding ortho intramolecular Hbond substituents is 1. The van der Waals surface area contributed by atoms with Crippen LogP contribution in [0.2, 0.25) is 5.02 Å². The van der Waals surface area contributed by atoms with E-state index in [1.807, 2.05) is 0 Å². The molecule has 0 aliphatic heterocycles. The molecule has 0 radical (unpaired) electrons. The Labute approximate surface area is 96.0 Å². The first kappa shape index (κ1) is 13.1. The van der Waals surface area contributed by atoms with Gasteiger partial charge in [-0.1, -0.05) is 11.6 Å². The van der Waals surface area contributed by atoms with Crippen LogP contribution in [0.4, 0.5) is 13.2 Å². The topological polar surface area (TPSA) is 32.3 Å². The van der Waals surface area contributed by atoms with Crippen molar-refractivity contribution in [2.75, 3.05) is 13.6 Å². The summed E-state index contributed by atoms with van der Waals surface area (Å²) in [6.45, 7) is 0.407. The van der Waals surface area contributed by atoms with Crippen molar-refractivity contribution >= 4 is 11.6 Å². The van der Waals surface area contributed by atoms with Gasteiger partial charge < -0.3 is 10.4 Å². The molecule has 0 spiro atoms. The van der Waals surface area contributed by atoms with E-state index in [1.165, 1.54) is 0 Å². The highest BCUT2D eigenvalue weighted by molar-refractivity contribution is 6.32. The minimum absolute atomic E-state index is 0.0703. The van der Waals surface area contributed by atoms with Crippen molar-refractivity contribution in [1.82, 2.24) is 5.32 Å². The second-order valence-corrected chi connectivity index (χ2v) is 3.72. The van der Waals surface area contributed by atoms with Gasteiger partial charge in [0.05, 0.1) is 10.6 Å². The summed E-state index contributed by atoms with van der Waals surface area (Å²) in [4.78, 5) is 0. The molecule has 0 aromatic heterocycles. The van der Waals surface area contributed by atoms with Gasteiger partial charge in [-0.2, -0.15) is 13.2 Å². The molecule has 0 saturated carbocycles. The van der Waals surface area contributed by atoms with E-state index in [1.54, 1.807) is 7.05 Å². The number of nitrogens with one attached hydrogen (secondary N) is 1. The van der Waals surface area contributed by atoms with Crippen LogP contribution >= 0.6 is 11.6 Å². The molecule has 0 aliphatic rings. The van der Waals surface area contributed by atoms with Crippen LogP contribution in [0, 0.1) is 0 Å². The molecule has 1 aromatic carbocycles. The fraction of sp³-hybridized carbons (Fsp3) is 0.400. The first-order chi connectivity index (χ1) is 7.36. The standard InChI is InChI=1S/C10H11ClF3NO/c1-15-3-2-6-4-8(11)9(16)5-7(6)10(12,13)14/h4-5,15-16H,2-3H2,1H3. The van der Waals surface area contributed by atoms with Crippen LogP contribution in [0.5, 0.6) is 5.75 Å². The van der Waals surface area contributed by atoms with Gasteiger partial charge in [0, 0.05) is 0 Å². The zero-order chi connectivity index (χ0) is 12.3. The Morgan fingerprint density at radius 1 is 1.38 bits per heavy atom. The number of rotatable bonds is 3. The molecule has 0 heterocycles. The van der Waals surface area contributed by atoms with E-state index in [9.17, 15) is 13.2 Å². The summed E-state index contributed by atoms with van der Waals surface area (Å²) in [5.74, 6) is -0.554. The van der Waals surface area contributed by atoms with Crippen LogP contribution in [0.15, 0.2) is 12.1 Å². The van der Waals surface area contributed by atoms with E-state index >= 15 is 0 Å². The minimum Gasteiger partial charge on any atom is -0.506 e. The lowest BCUT2D eigenvalue weighted by Gasteiger charge is -2.14. The summed E-state index contributed by atoms with van der Waals surface area (Å²) in [5, 5.41) is 11.9. The Kier molecular flexibility index (Phi) is 4.04. The third-order valence-electron chi connectivity index (χ3n) is 2.12. The number of phenols is 1. The Bertz CT molecular complexity index is 379. The van der Waals surface area contributed by atoms with Crippen molar-refractivity contribution in [3.8, 4) is 5.75 Å². The molecule has 1 rings (SSSR count). The molecule has 2 nitrogen and oxygen atoms in total. The van der Waals surface area contributed by atoms with Crippen molar-refractivity contribution in [1.29, 1.82) is 0 Å². The van der Waals surface area contributed by atoms with Gasteiger partial charge in [-0.05, 0) is 37.7 Å². The van der Waals surface area contributed by atoms with E-state index < -0.39 is 17.5 Å². The fourth-order valence-electron chi connectivity index (χ4n) is 1.33. The highest BCUT2D eigenvalue weighted by Gasteiger charge is 2.34. The minimum atomic E-state index is -4.48. The van der Waals surface area contributed by atoms with Crippen molar-refractivity contribution < 1.29 is 18.3 Å². The maximum Gasteiger partial charge on any atom is 0.416 e. The number of halogens is 4. The molecule has 0 saturated heterocycles. The van der Waals surface area contributed by atoms with Gasteiger partial charge in [-0.15, -0.1) is 0 Å². The van der Waals surface area contributed by atoms with Gasteiger partial charge in [-0.3, -0.25) is 0 Å². The number of likely N-dealkylation sites (N-methyl/N-ethyl adjacent to an activating group) is 1. The predicted octanol–water partition coefficient (Wildman–Crippen LogP) is 2.83. The highest BCUT2D eigenvalue weighted by atomic mass is 35.5. The lowest BCUT2D eigenvalue weighted by Crippen LogP contribution is -2.15. The molecule has 16 heavy (non-hydrogen) atoms. The van der Waals surface area contributed by atoms with E-state index in [-0.39, 0.29) is 17.0 Å². The normalized spacial score (nSPS) is 11.8. The average molecular weight is 254 g/mol. The van der Waals surface area contributed by atoms with Crippen LogP contribution in [0.3, 0.4) is 0 Å². The maximum atomic E-state index is 12.6. The van der Waals surface area contributed by atoms with Gasteiger partial charge in [0.1, 0.15) is 5.75 Å². The molecule has 2 N–H and O–H groups in total. The van der Waals surface area contributed by atoms with Crippen molar-refractivity contribution in [2.24, 2.45) is 0 Å². The van der Waals surface area contributed by atoms with Gasteiger partial charge in [0.15, 0.2) is 0 Å². The Morgan fingerprint density at radius 2 is 2.00 bits per heavy atom. The molecule has 90 valence electrons. The largest absolute Gasteiger partial charge is 0.506 e. The molecule has 1 aromatic rings. The monoisotopic (exact) mass is 253 g/mol. The summed E-state index contributed by atoms with van der Waals surface area (Å²) in [6.07, 6.45) is -4.28. The van der Waals surface area contributed by atoms with Crippen molar-refractivity contribution in [3.63, 3.8) is 0 Å². The van der Waals surface area contributed by atoms with E-state index in [0.717, 1.165) is 6.07 Å². The predicted molar refractivity (Wildman–Crippen MR) is 55.7 cm³/mol. The van der Waals surface area contributed by atoms with Gasteiger partial charge in [-0.25, -0.2) is 0 Å². The molecule has 0 aliphatic carbocycles. The molecule has 0 bridgehead atoms. The third kappa shape index (κ3) is 3.02. The Hall–Kier alpha value is -0.940. The first-order valence-corrected chi connectivity index (χ1v) is 4.97. The smallest absolute Gasteiger partial charge is 0.416 e. The Morgan fingerprint density at radius 3 is 2.50 bits per heavy atom. The van der Waals surface area contributed by atoms with Crippen LogP contribution in [0.1, 0.15) is 11.1 Å². The fourth-order valence-corrected chi connectivity index (χ4v) is 1.52. The van der Waals surface area contributed by atoms with E-state index in [2.05, 4.69) is 5.32 Å². The Balaban J connectivity index is 3.17. The van der Waals surface area contributed by atoms with E-state index in [0.29, 0.717) is 12.6 Å². The quantitative estimate of drug-likeness (QED) is 0.868. The molecule has 6 heteroatoms. The highest BCUT2D eigenvalue weighted by Crippen LogP contribution is 2.37. The summed E-state index contributed by atoms with van der Waals surface area (Å²) in [6, 6.07) is 1.81. The van der Waals surface area contributed by atoms with E-state index in [4.69, 9.17) is 16.7 Å². The van der Waals surface area contributed by atoms with Crippen LogP contribution in [-0.4, -0.2) is 18.7 Å². The van der Waals surface area contributed by atoms with Crippen LogP contribution in [0.25, 0.3) is 0 Å². The molecular formula is C10H11ClF3NO. The first-order valence-electron chi connectivity index (χ1n) is 4.59. The summed E-state index contributed by atoms with van der Waals surface area (Å²) < 4.78 is 37.8. The lowest BCUT2D eigenvalue weighted by molar-refractivity contribution is -0.138. The summed E-state index contributed by atoms with van der Waals surface area (Å²) in [7, 11) is 1.65. The second-order valence-electron chi connectivity index (χ2n) is 3.31. The van der Waals surface area contributed by atoms with Crippen molar-refractivity contribution in [2.45, 2.75) is 12.6 Å². The summed E-state index contributed by atoms with van der Waals surface area (Å²) in [5.41, 5.74) is -0.769. The van der Waals surface area contributed by atoms with Crippen molar-refractivity contribution in [3.05, 3.63) is 28.3 Å². The van der Waals surface area contributed by atoms with Gasteiger partial charge >= 0.3 is 6.18 Å². The zero-order valence-electron chi connectivity index (χ0n) is 8.53. The molecule has 0 atom stereocenters. The molecule has 0 unspecified atom stereocenters. The molecule has 0 fully saturated rings. The third-order valence-corrected chi connectivity index (χ3v) is 2.43. The summed E-state index contributed by atoms with van der Waals surface area (Å²) >= 11 is 5.58. The molecule has 0 amide bonds. The number of hydrogen-bond acceptors (Lipinski definition) is 2. The van der Waals surface area contributed by atoms with Gasteiger partial charge in [0.25, 0.3) is 0 Å². The number of hydrogen-bond donors (Lipinski definition) is 2.